The maximum absolute atomic E-state index is 5.83. The second-order valence-corrected chi connectivity index (χ2v) is 4.24. The first-order valence-electron chi connectivity index (χ1n) is 5.55. The fourth-order valence-electron chi connectivity index (χ4n) is 2.21. The third kappa shape index (κ3) is 1.25. The van der Waals surface area contributed by atoms with E-state index in [1.54, 1.807) is 0 Å². The van der Waals surface area contributed by atoms with Crippen LogP contribution in [-0.2, 0) is 13.1 Å². The van der Waals surface area contributed by atoms with Crippen molar-refractivity contribution in [2.75, 3.05) is 0 Å². The Morgan fingerprint density at radius 3 is 2.94 bits per heavy atom. The van der Waals surface area contributed by atoms with Gasteiger partial charge < -0.3 is 10.3 Å². The van der Waals surface area contributed by atoms with Crippen LogP contribution in [-0.4, -0.2) is 14.2 Å². The molecule has 4 nitrogen and oxygen atoms in total. The van der Waals surface area contributed by atoms with Gasteiger partial charge in [0.25, 0.3) is 0 Å². The molecule has 0 saturated heterocycles. The predicted octanol–water partition coefficient (Wildman–Crippen LogP) is 1.11. The van der Waals surface area contributed by atoms with Gasteiger partial charge in [0.1, 0.15) is 5.65 Å². The van der Waals surface area contributed by atoms with Gasteiger partial charge in [0.2, 0.25) is 0 Å². The van der Waals surface area contributed by atoms with Crippen molar-refractivity contribution in [3.63, 3.8) is 0 Å². The fourth-order valence-corrected chi connectivity index (χ4v) is 2.21. The van der Waals surface area contributed by atoms with Crippen LogP contribution < -0.4 is 5.73 Å². The zero-order chi connectivity index (χ0) is 11.1. The highest BCUT2D eigenvalue weighted by molar-refractivity contribution is 5.53. The van der Waals surface area contributed by atoms with Crippen LogP contribution in [0.2, 0.25) is 0 Å². The van der Waals surface area contributed by atoms with Gasteiger partial charge >= 0.3 is 0 Å². The average molecular weight is 214 g/mol. The van der Waals surface area contributed by atoms with Gasteiger partial charge in [-0.1, -0.05) is 5.92 Å². The maximum Gasteiger partial charge on any atom is 0.141 e. The van der Waals surface area contributed by atoms with Gasteiger partial charge in [-0.05, 0) is 12.8 Å². The van der Waals surface area contributed by atoms with E-state index in [1.165, 1.54) is 18.5 Å². The smallest absolute Gasteiger partial charge is 0.141 e. The Hall–Kier alpha value is -1.73. The molecule has 1 aliphatic rings. The SMILES string of the molecule is C#CCn1ccn2nc(C3CC3)c(CN)c12. The summed E-state index contributed by atoms with van der Waals surface area (Å²) < 4.78 is 3.92. The number of hydrogen-bond acceptors (Lipinski definition) is 2. The van der Waals surface area contributed by atoms with Gasteiger partial charge in [0.05, 0.1) is 12.2 Å². The van der Waals surface area contributed by atoms with Gasteiger partial charge in [-0.15, -0.1) is 6.42 Å². The fraction of sp³-hybridized carbons (Fsp3) is 0.417. The van der Waals surface area contributed by atoms with E-state index < -0.39 is 0 Å². The van der Waals surface area contributed by atoms with Crippen LogP contribution in [0.3, 0.4) is 0 Å². The van der Waals surface area contributed by atoms with Gasteiger partial charge in [-0.25, -0.2) is 4.52 Å². The lowest BCUT2D eigenvalue weighted by atomic mass is 10.2. The second-order valence-electron chi connectivity index (χ2n) is 4.24. The van der Waals surface area contributed by atoms with Crippen molar-refractivity contribution in [1.29, 1.82) is 0 Å². The molecule has 82 valence electrons. The van der Waals surface area contributed by atoms with Crippen LogP contribution in [0.1, 0.15) is 30.0 Å². The molecule has 2 aromatic rings. The molecule has 0 amide bonds. The van der Waals surface area contributed by atoms with Crippen LogP contribution in [0.15, 0.2) is 12.4 Å². The highest BCUT2D eigenvalue weighted by Gasteiger charge is 2.30. The van der Waals surface area contributed by atoms with Crippen LogP contribution in [0.4, 0.5) is 0 Å². The molecule has 4 heteroatoms. The number of fused-ring (bicyclic) bond motifs is 1. The third-order valence-electron chi connectivity index (χ3n) is 3.10. The predicted molar refractivity (Wildman–Crippen MR) is 61.9 cm³/mol. The van der Waals surface area contributed by atoms with Gasteiger partial charge in [0.15, 0.2) is 0 Å². The van der Waals surface area contributed by atoms with Crippen molar-refractivity contribution in [3.05, 3.63) is 23.7 Å². The molecule has 16 heavy (non-hydrogen) atoms. The quantitative estimate of drug-likeness (QED) is 0.778. The first kappa shape index (κ1) is 9.49. The summed E-state index contributed by atoms with van der Waals surface area (Å²) in [4.78, 5) is 0. The first-order chi connectivity index (χ1) is 7.85. The zero-order valence-corrected chi connectivity index (χ0v) is 9.06. The lowest BCUT2D eigenvalue weighted by Crippen LogP contribution is -2.03. The van der Waals surface area contributed by atoms with E-state index in [1.807, 2.05) is 21.5 Å². The lowest BCUT2D eigenvalue weighted by molar-refractivity contribution is 0.860. The molecule has 2 N–H and O–H groups in total. The van der Waals surface area contributed by atoms with E-state index in [4.69, 9.17) is 12.2 Å². The highest BCUT2D eigenvalue weighted by Crippen LogP contribution is 2.41. The molecule has 0 radical (unpaired) electrons. The summed E-state index contributed by atoms with van der Waals surface area (Å²) in [5, 5.41) is 4.60. The van der Waals surface area contributed by atoms with Gasteiger partial charge in [-0.2, -0.15) is 5.10 Å². The molecule has 1 fully saturated rings. The Labute approximate surface area is 94.0 Å². The summed E-state index contributed by atoms with van der Waals surface area (Å²) in [5.74, 6) is 3.27. The van der Waals surface area contributed by atoms with Gasteiger partial charge in [0, 0.05) is 30.4 Å². The zero-order valence-electron chi connectivity index (χ0n) is 9.06. The van der Waals surface area contributed by atoms with E-state index in [0.717, 1.165) is 11.2 Å². The largest absolute Gasteiger partial charge is 0.326 e. The summed E-state index contributed by atoms with van der Waals surface area (Å²) in [5.41, 5.74) is 9.22. The number of aromatic nitrogens is 3. The van der Waals surface area contributed by atoms with E-state index in [-0.39, 0.29) is 0 Å². The van der Waals surface area contributed by atoms with Crippen LogP contribution in [0, 0.1) is 12.3 Å². The Balaban J connectivity index is 2.20. The van der Waals surface area contributed by atoms with E-state index in [2.05, 4.69) is 11.0 Å². The minimum absolute atomic E-state index is 0.532. The van der Waals surface area contributed by atoms with Crippen LogP contribution in [0.25, 0.3) is 5.65 Å². The molecule has 0 unspecified atom stereocenters. The van der Waals surface area contributed by atoms with E-state index >= 15 is 0 Å². The summed E-state index contributed by atoms with van der Waals surface area (Å²) in [7, 11) is 0. The van der Waals surface area contributed by atoms with E-state index in [9.17, 15) is 0 Å². The Morgan fingerprint density at radius 2 is 2.31 bits per heavy atom. The molecule has 0 bridgehead atoms. The number of rotatable bonds is 3. The summed E-state index contributed by atoms with van der Waals surface area (Å²) in [6.07, 6.45) is 11.7. The van der Waals surface area contributed by atoms with Gasteiger partial charge in [-0.3, -0.25) is 0 Å². The normalized spacial score (nSPS) is 15.5. The standard InChI is InChI=1S/C12H14N4/c1-2-5-15-6-7-16-12(15)10(8-13)11(14-16)9-3-4-9/h1,6-7,9H,3-5,8,13H2. The van der Waals surface area contributed by atoms with Crippen molar-refractivity contribution in [3.8, 4) is 12.3 Å². The molecular weight excluding hydrogens is 200 g/mol. The summed E-state index contributed by atoms with van der Waals surface area (Å²) in [6.45, 7) is 1.10. The number of nitrogens with zero attached hydrogens (tertiary/aromatic N) is 3. The minimum Gasteiger partial charge on any atom is -0.326 e. The third-order valence-corrected chi connectivity index (χ3v) is 3.10. The molecule has 1 saturated carbocycles. The Kier molecular flexibility index (Phi) is 2.01. The first-order valence-corrected chi connectivity index (χ1v) is 5.55. The van der Waals surface area contributed by atoms with Crippen molar-refractivity contribution in [1.82, 2.24) is 14.2 Å². The Morgan fingerprint density at radius 1 is 1.50 bits per heavy atom. The van der Waals surface area contributed by atoms with E-state index in [0.29, 0.717) is 19.0 Å². The van der Waals surface area contributed by atoms with Crippen molar-refractivity contribution < 1.29 is 0 Å². The highest BCUT2D eigenvalue weighted by atomic mass is 15.3. The molecule has 2 heterocycles. The summed E-state index contributed by atoms with van der Waals surface area (Å²) >= 11 is 0. The molecule has 0 spiro atoms. The van der Waals surface area contributed by atoms with Crippen molar-refractivity contribution in [2.24, 2.45) is 5.73 Å². The molecule has 3 rings (SSSR count). The molecule has 1 aliphatic carbocycles. The monoisotopic (exact) mass is 214 g/mol. The van der Waals surface area contributed by atoms with Crippen LogP contribution >= 0.6 is 0 Å². The summed E-state index contributed by atoms with van der Waals surface area (Å²) in [6, 6.07) is 0. The number of hydrogen-bond donors (Lipinski definition) is 1. The number of nitrogens with two attached hydrogens (primary N) is 1. The maximum atomic E-state index is 5.83. The Bertz CT molecular complexity index is 566. The molecule has 0 atom stereocenters. The number of imidazole rings is 1. The van der Waals surface area contributed by atoms with Crippen molar-refractivity contribution in [2.45, 2.75) is 31.8 Å². The molecular formula is C12H14N4. The topological polar surface area (TPSA) is 48.2 Å². The van der Waals surface area contributed by atoms with Crippen molar-refractivity contribution >= 4 is 5.65 Å². The second kappa shape index (κ2) is 3.39. The number of terminal acetylenes is 1. The lowest BCUT2D eigenvalue weighted by Gasteiger charge is -2.00. The van der Waals surface area contributed by atoms with Crippen LogP contribution in [0.5, 0.6) is 0 Å². The molecule has 2 aromatic heterocycles. The minimum atomic E-state index is 0.532. The average Bonchev–Trinajstić information content (AvgIpc) is 2.96. The molecule has 0 aliphatic heterocycles. The molecule has 0 aromatic carbocycles.